The molecule has 4 aliphatic rings. The number of ether oxygens (including phenoxy) is 1. The lowest BCUT2D eigenvalue weighted by Gasteiger charge is -2.50. The number of fused-ring (bicyclic) bond motifs is 3. The lowest BCUT2D eigenvalue weighted by Crippen LogP contribution is -2.58. The van der Waals surface area contributed by atoms with Crippen molar-refractivity contribution in [1.29, 1.82) is 0 Å². The number of alkyl halides is 3. The Bertz CT molecular complexity index is 735. The van der Waals surface area contributed by atoms with Crippen LogP contribution >= 0.6 is 0 Å². The molecule has 0 aromatic rings. The van der Waals surface area contributed by atoms with Crippen molar-refractivity contribution in [2.24, 2.45) is 23.7 Å². The molecule has 5 unspecified atom stereocenters. The number of ketones is 1. The molecule has 0 spiro atoms. The Balaban J connectivity index is 1.58. The largest absolute Gasteiger partial charge is 0.433 e. The van der Waals surface area contributed by atoms with Gasteiger partial charge in [0.2, 0.25) is 18.0 Å². The SMILES string of the molecule is CC1CC2CC(C)CC(NC(=O)C3C(=O)N4C(C(F)(F)F)OCC4(C)C3=O)(C1)C2. The molecule has 6 nitrogen and oxygen atoms in total. The van der Waals surface area contributed by atoms with E-state index >= 15 is 0 Å². The topological polar surface area (TPSA) is 75.7 Å². The van der Waals surface area contributed by atoms with Crippen molar-refractivity contribution in [3.8, 4) is 0 Å². The average Bonchev–Trinajstić information content (AvgIpc) is 2.99. The van der Waals surface area contributed by atoms with Crippen LogP contribution in [0.5, 0.6) is 0 Å². The highest BCUT2D eigenvalue weighted by atomic mass is 19.4. The molecule has 0 aromatic carbocycles. The van der Waals surface area contributed by atoms with E-state index in [4.69, 9.17) is 4.74 Å². The van der Waals surface area contributed by atoms with E-state index in [-0.39, 0.29) is 0 Å². The maximum atomic E-state index is 13.3. The molecule has 1 N–H and O–H groups in total. The molecule has 5 atom stereocenters. The fraction of sp³-hybridized carbons (Fsp3) is 0.850. The third kappa shape index (κ3) is 3.16. The molecule has 0 aromatic heterocycles. The smallest absolute Gasteiger partial charge is 0.350 e. The first kappa shape index (κ1) is 20.6. The third-order valence-corrected chi connectivity index (χ3v) is 7.13. The summed E-state index contributed by atoms with van der Waals surface area (Å²) >= 11 is 0. The van der Waals surface area contributed by atoms with Crippen LogP contribution in [-0.2, 0) is 19.1 Å². The standard InChI is InChI=1S/C20H27F3N2O4/c1-10-4-12-5-11(2)7-19(6-10,8-12)24-15(27)13-14(26)18(3)9-29-17(20(21,22)23)25(18)16(13)28/h10-13,17H,4-9H2,1-3H3,(H,24,27). The Kier molecular flexibility index (Phi) is 4.57. The van der Waals surface area contributed by atoms with Gasteiger partial charge in [-0.15, -0.1) is 0 Å². The van der Waals surface area contributed by atoms with Crippen LogP contribution in [0, 0.1) is 23.7 Å². The molecule has 4 fully saturated rings. The van der Waals surface area contributed by atoms with E-state index in [1.807, 2.05) is 0 Å². The Labute approximate surface area is 167 Å². The predicted octanol–water partition coefficient (Wildman–Crippen LogP) is 2.41. The summed E-state index contributed by atoms with van der Waals surface area (Å²) in [6.07, 6.45) is -2.86. The second-order valence-electron chi connectivity index (χ2n) is 9.91. The minimum Gasteiger partial charge on any atom is -0.350 e. The van der Waals surface area contributed by atoms with E-state index in [0.29, 0.717) is 22.7 Å². The number of nitrogens with one attached hydrogen (secondary N) is 1. The number of halogens is 3. The number of Topliss-reactive ketones (excluding diaryl/α,β-unsaturated/α-hetero) is 1. The normalized spacial score (nSPS) is 44.8. The highest BCUT2D eigenvalue weighted by molar-refractivity contribution is 6.25. The van der Waals surface area contributed by atoms with Gasteiger partial charge in [-0.25, -0.2) is 0 Å². The summed E-state index contributed by atoms with van der Waals surface area (Å²) < 4.78 is 44.6. The monoisotopic (exact) mass is 416 g/mol. The van der Waals surface area contributed by atoms with E-state index < -0.39 is 53.6 Å². The van der Waals surface area contributed by atoms with Gasteiger partial charge in [0.25, 0.3) is 0 Å². The summed E-state index contributed by atoms with van der Waals surface area (Å²) in [4.78, 5) is 39.2. The van der Waals surface area contributed by atoms with Crippen molar-refractivity contribution in [2.75, 3.05) is 6.61 Å². The van der Waals surface area contributed by atoms with Crippen LogP contribution in [0.2, 0.25) is 0 Å². The second-order valence-corrected chi connectivity index (χ2v) is 9.91. The van der Waals surface area contributed by atoms with E-state index in [1.165, 1.54) is 6.92 Å². The molecule has 4 rings (SSSR count). The van der Waals surface area contributed by atoms with Gasteiger partial charge in [0.15, 0.2) is 11.7 Å². The van der Waals surface area contributed by atoms with Crippen molar-refractivity contribution in [3.63, 3.8) is 0 Å². The highest BCUT2D eigenvalue weighted by Crippen LogP contribution is 2.48. The van der Waals surface area contributed by atoms with Crippen LogP contribution < -0.4 is 5.32 Å². The Morgan fingerprint density at radius 2 is 1.72 bits per heavy atom. The molecule has 2 saturated heterocycles. The number of hydrogen-bond donors (Lipinski definition) is 1. The van der Waals surface area contributed by atoms with Crippen LogP contribution in [0.4, 0.5) is 13.2 Å². The van der Waals surface area contributed by atoms with Gasteiger partial charge in [0.05, 0.1) is 6.61 Å². The van der Waals surface area contributed by atoms with Crippen LogP contribution in [0.3, 0.4) is 0 Å². The van der Waals surface area contributed by atoms with E-state index in [0.717, 1.165) is 32.1 Å². The summed E-state index contributed by atoms with van der Waals surface area (Å²) in [5.41, 5.74) is -2.26. The van der Waals surface area contributed by atoms with Gasteiger partial charge in [0.1, 0.15) is 5.54 Å². The molecule has 2 amide bonds. The van der Waals surface area contributed by atoms with Gasteiger partial charge in [-0.1, -0.05) is 13.8 Å². The Hall–Kier alpha value is -1.64. The third-order valence-electron chi connectivity index (χ3n) is 7.13. The zero-order valence-corrected chi connectivity index (χ0v) is 16.8. The van der Waals surface area contributed by atoms with Crippen molar-refractivity contribution in [1.82, 2.24) is 10.2 Å². The van der Waals surface area contributed by atoms with Crippen LogP contribution in [0.25, 0.3) is 0 Å². The number of rotatable bonds is 2. The summed E-state index contributed by atoms with van der Waals surface area (Å²) in [7, 11) is 0. The molecular formula is C20H27F3N2O4. The number of hydrogen-bond acceptors (Lipinski definition) is 4. The fourth-order valence-electron chi connectivity index (χ4n) is 6.42. The molecule has 2 bridgehead atoms. The number of amides is 2. The summed E-state index contributed by atoms with van der Waals surface area (Å²) in [5, 5.41) is 2.96. The first-order valence-electron chi connectivity index (χ1n) is 10.2. The van der Waals surface area contributed by atoms with Crippen LogP contribution in [-0.4, -0.2) is 52.6 Å². The summed E-state index contributed by atoms with van der Waals surface area (Å²) in [6.45, 7) is 4.92. The van der Waals surface area contributed by atoms with Crippen molar-refractivity contribution in [2.45, 2.75) is 76.4 Å². The minimum absolute atomic E-state index is 0.403. The van der Waals surface area contributed by atoms with Gasteiger partial charge in [-0.05, 0) is 56.8 Å². The Morgan fingerprint density at radius 3 is 2.28 bits per heavy atom. The van der Waals surface area contributed by atoms with Gasteiger partial charge < -0.3 is 10.1 Å². The number of carbonyl (C=O) groups excluding carboxylic acids is 3. The molecule has 0 radical (unpaired) electrons. The zero-order chi connectivity index (χ0) is 21.4. The highest BCUT2D eigenvalue weighted by Gasteiger charge is 2.69. The zero-order valence-electron chi connectivity index (χ0n) is 16.8. The molecule has 2 aliphatic heterocycles. The van der Waals surface area contributed by atoms with Gasteiger partial charge in [0, 0.05) is 5.54 Å². The maximum absolute atomic E-state index is 13.3. The van der Waals surface area contributed by atoms with E-state index in [9.17, 15) is 27.6 Å². The molecule has 29 heavy (non-hydrogen) atoms. The Morgan fingerprint density at radius 1 is 1.14 bits per heavy atom. The lowest BCUT2D eigenvalue weighted by atomic mass is 9.61. The fourth-order valence-corrected chi connectivity index (χ4v) is 6.42. The van der Waals surface area contributed by atoms with Crippen molar-refractivity contribution < 1.29 is 32.3 Å². The maximum Gasteiger partial charge on any atom is 0.433 e. The lowest BCUT2D eigenvalue weighted by molar-refractivity contribution is -0.239. The molecular weight excluding hydrogens is 389 g/mol. The first-order valence-corrected chi connectivity index (χ1v) is 10.2. The summed E-state index contributed by atoms with van der Waals surface area (Å²) in [6, 6.07) is 0. The summed E-state index contributed by atoms with van der Waals surface area (Å²) in [5.74, 6) is -3.15. The van der Waals surface area contributed by atoms with Crippen molar-refractivity contribution in [3.05, 3.63) is 0 Å². The minimum atomic E-state index is -4.83. The van der Waals surface area contributed by atoms with Crippen molar-refractivity contribution >= 4 is 17.6 Å². The number of carbonyl (C=O) groups is 3. The van der Waals surface area contributed by atoms with Gasteiger partial charge in [-0.2, -0.15) is 13.2 Å². The van der Waals surface area contributed by atoms with Gasteiger partial charge in [-0.3, -0.25) is 19.3 Å². The second kappa shape index (κ2) is 6.43. The molecule has 162 valence electrons. The molecule has 2 saturated carbocycles. The molecule has 2 aliphatic carbocycles. The van der Waals surface area contributed by atoms with E-state index in [2.05, 4.69) is 19.2 Å². The van der Waals surface area contributed by atoms with E-state index in [1.54, 1.807) is 0 Å². The molecule has 9 heteroatoms. The quantitative estimate of drug-likeness (QED) is 0.702. The van der Waals surface area contributed by atoms with Gasteiger partial charge >= 0.3 is 6.18 Å². The van der Waals surface area contributed by atoms with Crippen LogP contribution in [0.1, 0.15) is 52.9 Å². The predicted molar refractivity (Wildman–Crippen MR) is 95.3 cm³/mol. The average molecular weight is 416 g/mol. The van der Waals surface area contributed by atoms with Crippen LogP contribution in [0.15, 0.2) is 0 Å². The molecule has 2 heterocycles. The number of nitrogens with zero attached hydrogens (tertiary/aromatic N) is 1. The first-order chi connectivity index (χ1) is 13.4.